The Balaban J connectivity index is 1.77. The van der Waals surface area contributed by atoms with Crippen molar-refractivity contribution < 1.29 is 9.53 Å². The van der Waals surface area contributed by atoms with E-state index in [2.05, 4.69) is 22.2 Å². The number of nitrogens with one attached hydrogen (secondary N) is 1. The zero-order valence-corrected chi connectivity index (χ0v) is 13.7. The van der Waals surface area contributed by atoms with Gasteiger partial charge in [-0.25, -0.2) is 0 Å². The van der Waals surface area contributed by atoms with E-state index >= 15 is 0 Å². The number of nitrogen functional groups attached to an aromatic ring is 1. The molecule has 1 unspecified atom stereocenters. The van der Waals surface area contributed by atoms with Gasteiger partial charge in [0.1, 0.15) is 11.6 Å². The molecule has 3 heterocycles. The van der Waals surface area contributed by atoms with E-state index in [0.29, 0.717) is 24.1 Å². The van der Waals surface area contributed by atoms with Gasteiger partial charge in [-0.3, -0.25) is 9.69 Å². The molecule has 0 bridgehead atoms. The highest BCUT2D eigenvalue weighted by Gasteiger charge is 2.34. The summed E-state index contributed by atoms with van der Waals surface area (Å²) in [7, 11) is 0. The van der Waals surface area contributed by atoms with Crippen LogP contribution in [0.25, 0.3) is 0 Å². The number of unbranched alkanes of at least 4 members (excludes halogenated alkanes) is 1. The van der Waals surface area contributed by atoms with Crippen LogP contribution in [0.1, 0.15) is 44.6 Å². The highest BCUT2D eigenvalue weighted by atomic mass is 16.5. The van der Waals surface area contributed by atoms with Gasteiger partial charge in [0.15, 0.2) is 0 Å². The first-order valence-electron chi connectivity index (χ1n) is 8.51. The van der Waals surface area contributed by atoms with Crippen LogP contribution in [0.4, 0.5) is 17.6 Å². The summed E-state index contributed by atoms with van der Waals surface area (Å²) in [5.74, 6) is 1.57. The number of nitrogens with zero attached hydrogens (tertiary/aromatic N) is 3. The minimum absolute atomic E-state index is 0.0286. The fourth-order valence-electron chi connectivity index (χ4n) is 3.05. The van der Waals surface area contributed by atoms with Crippen molar-refractivity contribution in [3.05, 3.63) is 5.56 Å². The van der Waals surface area contributed by atoms with Crippen LogP contribution in [-0.4, -0.2) is 41.7 Å². The van der Waals surface area contributed by atoms with Gasteiger partial charge in [-0.1, -0.05) is 13.3 Å². The predicted octanol–water partition coefficient (Wildman–Crippen LogP) is 1.73. The molecule has 2 aliphatic rings. The second kappa shape index (κ2) is 7.12. The Morgan fingerprint density at radius 3 is 3.00 bits per heavy atom. The van der Waals surface area contributed by atoms with Crippen LogP contribution in [0.15, 0.2) is 0 Å². The monoisotopic (exact) mass is 319 g/mol. The molecule has 126 valence electrons. The van der Waals surface area contributed by atoms with E-state index in [9.17, 15) is 4.79 Å². The molecule has 3 rings (SSSR count). The minimum Gasteiger partial charge on any atom is -0.383 e. The predicted molar refractivity (Wildman–Crippen MR) is 89.5 cm³/mol. The molecule has 1 amide bonds. The van der Waals surface area contributed by atoms with Crippen molar-refractivity contribution in [1.82, 2.24) is 9.97 Å². The molecule has 0 aromatic carbocycles. The van der Waals surface area contributed by atoms with E-state index < -0.39 is 0 Å². The van der Waals surface area contributed by atoms with Gasteiger partial charge < -0.3 is 15.8 Å². The summed E-state index contributed by atoms with van der Waals surface area (Å²) >= 11 is 0. The van der Waals surface area contributed by atoms with E-state index in [1.54, 1.807) is 4.90 Å². The van der Waals surface area contributed by atoms with Gasteiger partial charge in [0.2, 0.25) is 11.9 Å². The Morgan fingerprint density at radius 1 is 1.39 bits per heavy atom. The Morgan fingerprint density at radius 2 is 2.26 bits per heavy atom. The van der Waals surface area contributed by atoms with E-state index in [0.717, 1.165) is 50.8 Å². The van der Waals surface area contributed by atoms with E-state index in [1.807, 2.05) is 0 Å². The summed E-state index contributed by atoms with van der Waals surface area (Å²) < 4.78 is 5.76. The van der Waals surface area contributed by atoms with Crippen LogP contribution >= 0.6 is 0 Å². The highest BCUT2D eigenvalue weighted by molar-refractivity contribution is 6.01. The summed E-state index contributed by atoms with van der Waals surface area (Å²) in [6.45, 7) is 4.25. The fraction of sp³-hybridized carbons (Fsp3) is 0.688. The standard InChI is InChI=1S/C16H25N5O2/c1-2-3-7-18-16-19-14(17)12-9-13(22)21(15(12)20-16)10-11-6-4-5-8-23-11/h11H,2-10H2,1H3,(H3,17,18,19,20). The number of hydrogen-bond donors (Lipinski definition) is 2. The summed E-state index contributed by atoms with van der Waals surface area (Å²) in [5.41, 5.74) is 6.78. The zero-order valence-electron chi connectivity index (χ0n) is 13.7. The number of amides is 1. The van der Waals surface area contributed by atoms with Gasteiger partial charge in [0.05, 0.1) is 19.1 Å². The molecule has 3 N–H and O–H groups in total. The smallest absolute Gasteiger partial charge is 0.232 e. The highest BCUT2D eigenvalue weighted by Crippen LogP contribution is 2.32. The molecule has 1 aromatic rings. The van der Waals surface area contributed by atoms with E-state index in [-0.39, 0.29) is 18.4 Å². The Labute approximate surface area is 136 Å². The first kappa shape index (κ1) is 16.0. The molecule has 23 heavy (non-hydrogen) atoms. The van der Waals surface area contributed by atoms with Crippen molar-refractivity contribution in [2.45, 2.75) is 51.6 Å². The average molecular weight is 319 g/mol. The first-order valence-corrected chi connectivity index (χ1v) is 8.51. The Hall–Kier alpha value is -1.89. The summed E-state index contributed by atoms with van der Waals surface area (Å²) in [4.78, 5) is 22.9. The number of hydrogen-bond acceptors (Lipinski definition) is 6. The Bertz CT molecular complexity index is 572. The third kappa shape index (κ3) is 3.55. The number of rotatable bonds is 6. The molecule has 1 atom stereocenters. The molecular weight excluding hydrogens is 294 g/mol. The summed E-state index contributed by atoms with van der Waals surface area (Å²) in [5, 5.41) is 3.18. The average Bonchev–Trinajstić information content (AvgIpc) is 2.86. The zero-order chi connectivity index (χ0) is 16.2. The van der Waals surface area contributed by atoms with Gasteiger partial charge >= 0.3 is 0 Å². The minimum atomic E-state index is 0.0286. The molecule has 0 radical (unpaired) electrons. The largest absolute Gasteiger partial charge is 0.383 e. The van der Waals surface area contributed by atoms with Gasteiger partial charge in [0, 0.05) is 18.7 Å². The van der Waals surface area contributed by atoms with Crippen molar-refractivity contribution in [2.75, 3.05) is 35.6 Å². The fourth-order valence-corrected chi connectivity index (χ4v) is 3.05. The van der Waals surface area contributed by atoms with Gasteiger partial charge in [-0.05, 0) is 25.7 Å². The number of aromatic nitrogens is 2. The molecule has 0 aliphatic carbocycles. The Kier molecular flexibility index (Phi) is 4.95. The van der Waals surface area contributed by atoms with Crippen LogP contribution in [0, 0.1) is 0 Å². The maximum Gasteiger partial charge on any atom is 0.232 e. The second-order valence-corrected chi connectivity index (χ2v) is 6.18. The number of nitrogens with two attached hydrogens (primary N) is 1. The van der Waals surface area contributed by atoms with Crippen LogP contribution in [0.2, 0.25) is 0 Å². The molecule has 2 aliphatic heterocycles. The van der Waals surface area contributed by atoms with Crippen molar-refractivity contribution in [2.24, 2.45) is 0 Å². The van der Waals surface area contributed by atoms with E-state index in [1.165, 1.54) is 0 Å². The molecule has 0 saturated carbocycles. The van der Waals surface area contributed by atoms with Gasteiger partial charge in [0.25, 0.3) is 0 Å². The molecular formula is C16H25N5O2. The number of fused-ring (bicyclic) bond motifs is 1. The van der Waals surface area contributed by atoms with Gasteiger partial charge in [-0.15, -0.1) is 0 Å². The van der Waals surface area contributed by atoms with E-state index in [4.69, 9.17) is 10.5 Å². The van der Waals surface area contributed by atoms with Crippen molar-refractivity contribution >= 4 is 23.5 Å². The number of carbonyl (C=O) groups excluding carboxylic acids is 1. The lowest BCUT2D eigenvalue weighted by molar-refractivity contribution is -0.118. The third-order valence-electron chi connectivity index (χ3n) is 4.38. The lowest BCUT2D eigenvalue weighted by Gasteiger charge is -2.27. The first-order chi connectivity index (χ1) is 11.2. The number of ether oxygens (including phenoxy) is 1. The molecule has 0 spiro atoms. The topological polar surface area (TPSA) is 93.4 Å². The van der Waals surface area contributed by atoms with Crippen molar-refractivity contribution in [3.63, 3.8) is 0 Å². The van der Waals surface area contributed by atoms with Crippen molar-refractivity contribution in [1.29, 1.82) is 0 Å². The lowest BCUT2D eigenvalue weighted by Crippen LogP contribution is -2.38. The molecule has 1 saturated heterocycles. The molecule has 1 aromatic heterocycles. The summed E-state index contributed by atoms with van der Waals surface area (Å²) in [6.07, 6.45) is 5.74. The summed E-state index contributed by atoms with van der Waals surface area (Å²) in [6, 6.07) is 0. The molecule has 7 nitrogen and oxygen atoms in total. The van der Waals surface area contributed by atoms with Crippen molar-refractivity contribution in [3.8, 4) is 0 Å². The lowest BCUT2D eigenvalue weighted by atomic mass is 10.1. The normalized spacial score (nSPS) is 20.7. The van der Waals surface area contributed by atoms with Crippen LogP contribution in [0.3, 0.4) is 0 Å². The van der Waals surface area contributed by atoms with Crippen LogP contribution in [0.5, 0.6) is 0 Å². The van der Waals surface area contributed by atoms with Gasteiger partial charge in [-0.2, -0.15) is 9.97 Å². The van der Waals surface area contributed by atoms with Crippen LogP contribution in [-0.2, 0) is 16.0 Å². The molecule has 7 heteroatoms. The quantitative estimate of drug-likeness (QED) is 0.776. The molecule has 1 fully saturated rings. The third-order valence-corrected chi connectivity index (χ3v) is 4.38. The second-order valence-electron chi connectivity index (χ2n) is 6.18. The number of carbonyl (C=O) groups is 1. The maximum absolute atomic E-state index is 12.4. The SMILES string of the molecule is CCCCNc1nc(N)c2c(n1)N(CC1CCCCO1)C(=O)C2. The van der Waals surface area contributed by atoms with Crippen LogP contribution < -0.4 is 16.0 Å². The number of anilines is 3. The maximum atomic E-state index is 12.4.